The number of imidazole rings is 1. The van der Waals surface area contributed by atoms with Crippen LogP contribution in [0.15, 0.2) is 66.0 Å². The smallest absolute Gasteiger partial charge is 0.248 e. The van der Waals surface area contributed by atoms with Gasteiger partial charge in [-0.3, -0.25) is 10.1 Å². The number of nitrogens with one attached hydrogen (secondary N) is 1. The van der Waals surface area contributed by atoms with Crippen LogP contribution in [0.3, 0.4) is 0 Å². The van der Waals surface area contributed by atoms with E-state index in [0.29, 0.717) is 18.9 Å². The van der Waals surface area contributed by atoms with Crippen molar-refractivity contribution < 1.29 is 17.9 Å². The molecule has 1 N–H and O–H groups in total. The quantitative estimate of drug-likeness (QED) is 0.244. The van der Waals surface area contributed by atoms with Crippen LogP contribution in [0.4, 0.5) is 5.95 Å². The number of rotatable bonds is 9. The first kappa shape index (κ1) is 31.4. The fourth-order valence-corrected chi connectivity index (χ4v) is 7.52. The van der Waals surface area contributed by atoms with Gasteiger partial charge in [0.25, 0.3) is 0 Å². The average Bonchev–Trinajstić information content (AvgIpc) is 3.63. The molecule has 4 heterocycles. The molecule has 0 bridgehead atoms. The van der Waals surface area contributed by atoms with E-state index in [-0.39, 0.29) is 48.2 Å². The summed E-state index contributed by atoms with van der Waals surface area (Å²) in [6, 6.07) is 13.2. The third-order valence-electron chi connectivity index (χ3n) is 8.74. The first-order valence-corrected chi connectivity index (χ1v) is 16.9. The lowest BCUT2D eigenvalue weighted by Crippen LogP contribution is -2.36. The van der Waals surface area contributed by atoms with Crippen molar-refractivity contribution in [2.75, 3.05) is 11.9 Å². The average molecular weight is 643 g/mol. The summed E-state index contributed by atoms with van der Waals surface area (Å²) in [4.78, 5) is 22.1. The van der Waals surface area contributed by atoms with Crippen LogP contribution in [0.5, 0.6) is 5.88 Å². The predicted octanol–water partition coefficient (Wildman–Crippen LogP) is 4.72. The zero-order valence-corrected chi connectivity index (χ0v) is 27.5. The minimum Gasteiger partial charge on any atom is -0.472 e. The normalized spacial score (nSPS) is 16.8. The fraction of sp³-hybridized carbons (Fsp3) is 0.364. The largest absolute Gasteiger partial charge is 0.472 e. The van der Waals surface area contributed by atoms with Gasteiger partial charge in [-0.1, -0.05) is 36.4 Å². The molecule has 0 unspecified atom stereocenters. The molecule has 1 aliphatic heterocycles. The Kier molecular flexibility index (Phi) is 8.62. The molecule has 6 rings (SSSR count). The second-order valence-corrected chi connectivity index (χ2v) is 13.6. The van der Waals surface area contributed by atoms with E-state index in [9.17, 15) is 13.2 Å². The highest BCUT2D eigenvalue weighted by Crippen LogP contribution is 2.36. The van der Waals surface area contributed by atoms with Crippen molar-refractivity contribution in [2.24, 2.45) is 7.05 Å². The highest BCUT2D eigenvalue weighted by Gasteiger charge is 2.35. The predicted molar refractivity (Wildman–Crippen MR) is 174 cm³/mol. The van der Waals surface area contributed by atoms with Gasteiger partial charge < -0.3 is 9.30 Å². The van der Waals surface area contributed by atoms with E-state index < -0.39 is 10.0 Å². The van der Waals surface area contributed by atoms with Crippen LogP contribution in [0.2, 0.25) is 0 Å². The molecular formula is C33H38N8O4S. The zero-order chi connectivity index (χ0) is 32.6. The van der Waals surface area contributed by atoms with Gasteiger partial charge >= 0.3 is 0 Å². The van der Waals surface area contributed by atoms with E-state index in [1.165, 1.54) is 16.6 Å². The van der Waals surface area contributed by atoms with Crippen molar-refractivity contribution in [3.63, 3.8) is 0 Å². The monoisotopic (exact) mass is 642 g/mol. The van der Waals surface area contributed by atoms with Crippen LogP contribution in [-0.4, -0.2) is 60.8 Å². The summed E-state index contributed by atoms with van der Waals surface area (Å²) in [7, 11) is -2.07. The summed E-state index contributed by atoms with van der Waals surface area (Å²) in [5.74, 6) is 0.0423. The van der Waals surface area contributed by atoms with Gasteiger partial charge in [0.2, 0.25) is 27.8 Å². The molecule has 12 nitrogen and oxygen atoms in total. The minimum absolute atomic E-state index is 0.0626. The van der Waals surface area contributed by atoms with Gasteiger partial charge in [0, 0.05) is 51.1 Å². The highest BCUT2D eigenvalue weighted by molar-refractivity contribution is 7.89. The van der Waals surface area contributed by atoms with E-state index in [4.69, 9.17) is 4.74 Å². The molecule has 46 heavy (non-hydrogen) atoms. The Morgan fingerprint density at radius 2 is 1.93 bits per heavy atom. The molecule has 0 aliphatic carbocycles. The number of aryl methyl sites for hydroxylation is 4. The Labute approximate surface area is 268 Å². The van der Waals surface area contributed by atoms with Gasteiger partial charge in [-0.15, -0.1) is 5.10 Å². The summed E-state index contributed by atoms with van der Waals surface area (Å²) in [5.41, 5.74) is 6.27. The number of aromatic nitrogens is 6. The maximum atomic E-state index is 13.9. The third-order valence-corrected chi connectivity index (χ3v) is 10.6. The molecule has 5 aromatic rings. The maximum Gasteiger partial charge on any atom is 0.248 e. The number of sulfonamides is 1. The molecule has 240 valence electrons. The lowest BCUT2D eigenvalue weighted by Gasteiger charge is -2.25. The second-order valence-electron chi connectivity index (χ2n) is 11.7. The van der Waals surface area contributed by atoms with Gasteiger partial charge in [0.15, 0.2) is 0 Å². The van der Waals surface area contributed by atoms with Crippen LogP contribution in [0.1, 0.15) is 60.4 Å². The Hall–Kier alpha value is -4.62. The topological polar surface area (TPSA) is 137 Å². The molecule has 3 aromatic heterocycles. The fourth-order valence-electron chi connectivity index (χ4n) is 6.00. The molecule has 1 aliphatic rings. The van der Waals surface area contributed by atoms with Crippen LogP contribution < -0.4 is 10.1 Å². The maximum absolute atomic E-state index is 13.9. The van der Waals surface area contributed by atoms with Gasteiger partial charge in [-0.25, -0.2) is 23.1 Å². The first-order chi connectivity index (χ1) is 22.1. The van der Waals surface area contributed by atoms with Crippen molar-refractivity contribution in [3.8, 4) is 5.88 Å². The SMILES string of the molecule is CC[C@@H]1CN(Cc2cc([C@H](CC(=O)Nc3nccn3C)c3ccc4c(nnn4CC)c3C)ccc2C)S(=O)(=O)c2cccnc2O1. The molecule has 0 radical (unpaired) electrons. The molecular weight excluding hydrogens is 604 g/mol. The summed E-state index contributed by atoms with van der Waals surface area (Å²) in [5, 5.41) is 11.7. The molecule has 0 saturated heterocycles. The van der Waals surface area contributed by atoms with Crippen molar-refractivity contribution in [2.45, 2.75) is 70.5 Å². The number of carbonyl (C=O) groups excluding carboxylic acids is 1. The number of hydrogen-bond donors (Lipinski definition) is 1. The third kappa shape index (κ3) is 5.87. The van der Waals surface area contributed by atoms with E-state index in [1.807, 2.05) is 69.8 Å². The number of pyridine rings is 1. The molecule has 0 fully saturated rings. The molecule has 0 spiro atoms. The van der Waals surface area contributed by atoms with Crippen LogP contribution in [0.25, 0.3) is 11.0 Å². The van der Waals surface area contributed by atoms with Crippen molar-refractivity contribution in [1.82, 2.24) is 33.8 Å². The number of nitrogens with zero attached hydrogens (tertiary/aromatic N) is 7. The summed E-state index contributed by atoms with van der Waals surface area (Å²) in [6.07, 6.45) is 5.36. The number of amides is 1. The Bertz CT molecular complexity index is 2020. The first-order valence-electron chi connectivity index (χ1n) is 15.4. The van der Waals surface area contributed by atoms with Gasteiger partial charge in [0.1, 0.15) is 16.5 Å². The number of fused-ring (bicyclic) bond motifs is 2. The van der Waals surface area contributed by atoms with E-state index >= 15 is 0 Å². The number of carbonyl (C=O) groups is 1. The van der Waals surface area contributed by atoms with Crippen LogP contribution in [-0.2, 0) is 35.0 Å². The molecule has 1 amide bonds. The summed E-state index contributed by atoms with van der Waals surface area (Å²) >= 11 is 0. The van der Waals surface area contributed by atoms with E-state index in [0.717, 1.165) is 38.9 Å². The Balaban J connectivity index is 1.40. The Morgan fingerprint density at radius 1 is 1.11 bits per heavy atom. The number of anilines is 1. The van der Waals surface area contributed by atoms with Gasteiger partial charge in [-0.05, 0) is 73.2 Å². The van der Waals surface area contributed by atoms with Crippen LogP contribution >= 0.6 is 0 Å². The van der Waals surface area contributed by atoms with E-state index in [2.05, 4.69) is 25.6 Å². The minimum atomic E-state index is -3.89. The summed E-state index contributed by atoms with van der Waals surface area (Å²) < 4.78 is 38.9. The lowest BCUT2D eigenvalue weighted by atomic mass is 9.84. The van der Waals surface area contributed by atoms with E-state index in [1.54, 1.807) is 23.0 Å². The standard InChI is InChI=1S/C33H38N8O4S/c1-6-25-20-40(46(43,44)29-9-8-14-34-32(29)45-25)19-24-17-23(11-10-21(24)3)27(18-30(42)36-33-35-15-16-39(33)5)26-12-13-28-31(22(26)4)37-38-41(28)7-2/h8-17,25,27H,6-7,18-20H2,1-5H3,(H,35,36,42)/t25-,27+/m1/s1. The van der Waals surface area contributed by atoms with Crippen LogP contribution in [0, 0.1) is 13.8 Å². The number of ether oxygens (including phenoxy) is 1. The van der Waals surface area contributed by atoms with Crippen molar-refractivity contribution in [3.05, 3.63) is 88.9 Å². The number of hydrogen-bond acceptors (Lipinski definition) is 8. The molecule has 0 saturated carbocycles. The summed E-state index contributed by atoms with van der Waals surface area (Å²) in [6.45, 7) is 8.98. The number of benzene rings is 2. The van der Waals surface area contributed by atoms with Crippen molar-refractivity contribution in [1.29, 1.82) is 0 Å². The molecule has 2 aromatic carbocycles. The highest BCUT2D eigenvalue weighted by atomic mass is 32.2. The zero-order valence-electron chi connectivity index (χ0n) is 26.6. The second kappa shape index (κ2) is 12.6. The Morgan fingerprint density at radius 3 is 2.67 bits per heavy atom. The lowest BCUT2D eigenvalue weighted by molar-refractivity contribution is -0.116. The van der Waals surface area contributed by atoms with Gasteiger partial charge in [-0.2, -0.15) is 4.31 Å². The van der Waals surface area contributed by atoms with Crippen molar-refractivity contribution >= 4 is 32.9 Å². The van der Waals surface area contributed by atoms with Gasteiger partial charge in [0.05, 0.1) is 12.1 Å². The molecule has 2 atom stereocenters. The molecule has 13 heteroatoms.